The van der Waals surface area contributed by atoms with E-state index in [-0.39, 0.29) is 22.0 Å². The molecule has 0 saturated heterocycles. The molecule has 34 heavy (non-hydrogen) atoms. The summed E-state index contributed by atoms with van der Waals surface area (Å²) in [6.07, 6.45) is 14.7. The summed E-state index contributed by atoms with van der Waals surface area (Å²) in [6.45, 7) is 15.1. The maximum atomic E-state index is 11.7. The summed E-state index contributed by atoms with van der Waals surface area (Å²) in [5.41, 5.74) is 8.53. The molecule has 0 aliphatic heterocycles. The van der Waals surface area contributed by atoms with Gasteiger partial charge in [-0.2, -0.15) is 11.8 Å². The molecule has 0 radical (unpaired) electrons. The Morgan fingerprint density at radius 3 is 1.71 bits per heavy atom. The summed E-state index contributed by atoms with van der Waals surface area (Å²) in [6, 6.07) is 4.30. The molecule has 1 aromatic rings. The smallest absolute Gasteiger partial charge is 0.218 e. The number of nitrogens with two attached hydrogens (primary N) is 1. The van der Waals surface area contributed by atoms with E-state index in [0.29, 0.717) is 12.2 Å². The zero-order valence-electron chi connectivity index (χ0n) is 23.3. The van der Waals surface area contributed by atoms with Gasteiger partial charge >= 0.3 is 0 Å². The van der Waals surface area contributed by atoms with Crippen LogP contribution in [0.3, 0.4) is 0 Å². The molecule has 1 aromatic carbocycles. The molecule has 0 saturated carbocycles. The molecule has 0 aliphatic carbocycles. The van der Waals surface area contributed by atoms with Crippen LogP contribution in [0.2, 0.25) is 0 Å². The van der Waals surface area contributed by atoms with E-state index in [2.05, 4.69) is 60.6 Å². The minimum atomic E-state index is -0.207. The Labute approximate surface area is 215 Å². The number of amides is 1. The van der Waals surface area contributed by atoms with Crippen LogP contribution in [0.15, 0.2) is 12.1 Å². The van der Waals surface area contributed by atoms with E-state index in [1.54, 1.807) is 0 Å². The second-order valence-corrected chi connectivity index (χ2v) is 13.4. The quantitative estimate of drug-likeness (QED) is 0.227. The minimum absolute atomic E-state index is 0.132. The molecule has 1 unspecified atom stereocenters. The normalized spacial score (nSPS) is 13.3. The molecule has 196 valence electrons. The Balaban J connectivity index is 2.65. The first-order chi connectivity index (χ1) is 15.9. The van der Waals surface area contributed by atoms with Gasteiger partial charge in [-0.15, -0.1) is 0 Å². The molecule has 3 N–H and O–H groups in total. The van der Waals surface area contributed by atoms with E-state index < -0.39 is 0 Å². The van der Waals surface area contributed by atoms with Gasteiger partial charge in [-0.1, -0.05) is 125 Å². The van der Waals surface area contributed by atoms with E-state index in [4.69, 9.17) is 5.73 Å². The molecule has 0 aromatic heterocycles. The maximum Gasteiger partial charge on any atom is 0.218 e. The van der Waals surface area contributed by atoms with Crippen LogP contribution in [-0.4, -0.2) is 16.3 Å². The fourth-order valence-corrected chi connectivity index (χ4v) is 5.67. The number of hydrogen-bond donors (Lipinski definition) is 2. The van der Waals surface area contributed by atoms with Crippen LogP contribution >= 0.6 is 11.8 Å². The largest absolute Gasteiger partial charge is 0.507 e. The summed E-state index contributed by atoms with van der Waals surface area (Å²) in [4.78, 5) is 11.7. The minimum Gasteiger partial charge on any atom is -0.507 e. The predicted octanol–water partition coefficient (Wildman–Crippen LogP) is 8.78. The number of aromatic hydroxyl groups is 1. The van der Waals surface area contributed by atoms with E-state index in [1.165, 1.54) is 63.4 Å². The molecule has 4 heteroatoms. The summed E-state index contributed by atoms with van der Waals surface area (Å²) in [5.74, 6) is 1.05. The average molecular weight is 492 g/mol. The molecular weight excluding hydrogens is 438 g/mol. The van der Waals surface area contributed by atoms with Crippen LogP contribution in [0.5, 0.6) is 5.75 Å². The standard InChI is InChI=1S/C30H53NO2S/c1-8-9-10-11-12-13-14-15-16-17-18-24(21-27(31)32)34-22-23-19-25(29(2,3)4)28(33)26(20-23)30(5,6)7/h19-20,24,33H,8-18,21-22H2,1-7H3,(H2,31,32). The number of thioether (sulfide) groups is 1. The molecule has 0 fully saturated rings. The highest BCUT2D eigenvalue weighted by Crippen LogP contribution is 2.40. The summed E-state index contributed by atoms with van der Waals surface area (Å²) in [7, 11) is 0. The number of phenolic OH excluding ortho intramolecular Hbond substituents is 1. The molecule has 0 spiro atoms. The SMILES string of the molecule is CCCCCCCCCCCCC(CC(N)=O)SCc1cc(C(C)(C)C)c(O)c(C(C)(C)C)c1. The number of rotatable bonds is 16. The summed E-state index contributed by atoms with van der Waals surface area (Å²) in [5, 5.41) is 11.2. The maximum absolute atomic E-state index is 11.7. The second kappa shape index (κ2) is 15.1. The summed E-state index contributed by atoms with van der Waals surface area (Å²) < 4.78 is 0. The van der Waals surface area contributed by atoms with Gasteiger partial charge in [0.05, 0.1) is 0 Å². The van der Waals surface area contributed by atoms with Crippen molar-refractivity contribution in [2.24, 2.45) is 5.73 Å². The topological polar surface area (TPSA) is 63.3 Å². The lowest BCUT2D eigenvalue weighted by Crippen LogP contribution is -2.19. The van der Waals surface area contributed by atoms with Crippen LogP contribution < -0.4 is 5.73 Å². The predicted molar refractivity (Wildman–Crippen MR) is 151 cm³/mol. The number of benzene rings is 1. The Morgan fingerprint density at radius 1 is 0.853 bits per heavy atom. The van der Waals surface area contributed by atoms with Crippen molar-refractivity contribution >= 4 is 17.7 Å². The van der Waals surface area contributed by atoms with E-state index >= 15 is 0 Å². The third-order valence-electron chi connectivity index (χ3n) is 6.58. The second-order valence-electron chi connectivity index (χ2n) is 12.1. The van der Waals surface area contributed by atoms with Crippen molar-refractivity contribution in [2.45, 2.75) is 147 Å². The van der Waals surface area contributed by atoms with Crippen molar-refractivity contribution in [1.82, 2.24) is 0 Å². The zero-order valence-corrected chi connectivity index (χ0v) is 24.1. The highest BCUT2D eigenvalue weighted by molar-refractivity contribution is 7.99. The van der Waals surface area contributed by atoms with Crippen LogP contribution in [0.25, 0.3) is 0 Å². The van der Waals surface area contributed by atoms with Crippen LogP contribution in [0.1, 0.15) is 142 Å². The highest BCUT2D eigenvalue weighted by Gasteiger charge is 2.26. The number of carbonyl (C=O) groups is 1. The van der Waals surface area contributed by atoms with E-state index in [9.17, 15) is 9.90 Å². The number of primary amides is 1. The molecule has 1 amide bonds. The van der Waals surface area contributed by atoms with Gasteiger partial charge < -0.3 is 10.8 Å². The van der Waals surface area contributed by atoms with Gasteiger partial charge in [0.15, 0.2) is 0 Å². The van der Waals surface area contributed by atoms with Crippen molar-refractivity contribution in [3.8, 4) is 5.75 Å². The van der Waals surface area contributed by atoms with Gasteiger partial charge in [0.25, 0.3) is 0 Å². The van der Waals surface area contributed by atoms with Crippen molar-refractivity contribution < 1.29 is 9.90 Å². The van der Waals surface area contributed by atoms with Gasteiger partial charge in [0.2, 0.25) is 5.91 Å². The number of carbonyl (C=O) groups excluding carboxylic acids is 1. The fourth-order valence-electron chi connectivity index (χ4n) is 4.46. The van der Waals surface area contributed by atoms with Gasteiger partial charge in [0.1, 0.15) is 5.75 Å². The van der Waals surface area contributed by atoms with E-state index in [0.717, 1.165) is 29.7 Å². The molecule has 1 atom stereocenters. The highest BCUT2D eigenvalue weighted by atomic mass is 32.2. The first kappa shape index (κ1) is 30.9. The van der Waals surface area contributed by atoms with Gasteiger partial charge in [-0.05, 0) is 33.9 Å². The molecule has 3 nitrogen and oxygen atoms in total. The Kier molecular flexibility index (Phi) is 13.7. The Bertz CT molecular complexity index is 695. The molecular formula is C30H53NO2S. The van der Waals surface area contributed by atoms with Gasteiger partial charge in [-0.25, -0.2) is 0 Å². The molecule has 1 rings (SSSR count). The molecule has 0 bridgehead atoms. The van der Waals surface area contributed by atoms with Crippen molar-refractivity contribution in [3.63, 3.8) is 0 Å². The van der Waals surface area contributed by atoms with Gasteiger partial charge in [-0.3, -0.25) is 4.79 Å². The lowest BCUT2D eigenvalue weighted by atomic mass is 9.78. The third-order valence-corrected chi connectivity index (χ3v) is 7.95. The monoisotopic (exact) mass is 491 g/mol. The van der Waals surface area contributed by atoms with Crippen LogP contribution in [0, 0.1) is 0 Å². The fraction of sp³-hybridized carbons (Fsp3) is 0.767. The van der Waals surface area contributed by atoms with Crippen molar-refractivity contribution in [3.05, 3.63) is 28.8 Å². The number of hydrogen-bond acceptors (Lipinski definition) is 3. The lowest BCUT2D eigenvalue weighted by Gasteiger charge is -2.28. The molecule has 0 aliphatic rings. The number of unbranched alkanes of at least 4 members (excludes halogenated alkanes) is 9. The van der Waals surface area contributed by atoms with Crippen molar-refractivity contribution in [2.75, 3.05) is 0 Å². The number of phenols is 1. The van der Waals surface area contributed by atoms with E-state index in [1.807, 2.05) is 11.8 Å². The van der Waals surface area contributed by atoms with Crippen molar-refractivity contribution in [1.29, 1.82) is 0 Å². The zero-order chi connectivity index (χ0) is 25.8. The Morgan fingerprint density at radius 2 is 1.29 bits per heavy atom. The first-order valence-corrected chi connectivity index (χ1v) is 14.7. The first-order valence-electron chi connectivity index (χ1n) is 13.6. The summed E-state index contributed by atoms with van der Waals surface area (Å²) >= 11 is 1.84. The van der Waals surface area contributed by atoms with Gasteiger partial charge in [0, 0.05) is 17.4 Å². The van der Waals surface area contributed by atoms with Crippen LogP contribution in [-0.2, 0) is 21.4 Å². The third kappa shape index (κ3) is 12.0. The van der Waals surface area contributed by atoms with Crippen LogP contribution in [0.4, 0.5) is 0 Å². The lowest BCUT2D eigenvalue weighted by molar-refractivity contribution is -0.118. The average Bonchev–Trinajstić information content (AvgIpc) is 2.71. The Hall–Kier alpha value is -1.16. The molecule has 0 heterocycles.